The summed E-state index contributed by atoms with van der Waals surface area (Å²) in [6, 6.07) is 7.94. The number of aliphatic hydroxyl groups is 1. The summed E-state index contributed by atoms with van der Waals surface area (Å²) < 4.78 is 7.24. The van der Waals surface area contributed by atoms with Gasteiger partial charge < -0.3 is 20.1 Å². The first-order chi connectivity index (χ1) is 17.0. The Labute approximate surface area is 211 Å². The molecule has 0 spiro atoms. The van der Waals surface area contributed by atoms with E-state index >= 15 is 0 Å². The van der Waals surface area contributed by atoms with Crippen molar-refractivity contribution in [1.29, 1.82) is 0 Å². The number of anilines is 1. The molecular formula is C27H34N6O3. The molecular weight excluding hydrogens is 456 g/mol. The Balaban J connectivity index is 1.87. The molecule has 3 aromatic rings. The minimum Gasteiger partial charge on any atom is -0.496 e. The van der Waals surface area contributed by atoms with Crippen LogP contribution in [0.5, 0.6) is 5.75 Å². The number of rotatable bonds is 6. The molecule has 36 heavy (non-hydrogen) atoms. The van der Waals surface area contributed by atoms with E-state index in [0.29, 0.717) is 17.1 Å². The van der Waals surface area contributed by atoms with Gasteiger partial charge in [0, 0.05) is 36.8 Å². The summed E-state index contributed by atoms with van der Waals surface area (Å²) in [5.74, 6) is 1.35. The Kier molecular flexibility index (Phi) is 6.86. The first kappa shape index (κ1) is 25.4. The molecule has 0 atom stereocenters. The van der Waals surface area contributed by atoms with E-state index in [4.69, 9.17) is 9.73 Å². The summed E-state index contributed by atoms with van der Waals surface area (Å²) in [6.07, 6.45) is 1.86. The Morgan fingerprint density at radius 1 is 1.19 bits per heavy atom. The monoisotopic (exact) mass is 490 g/mol. The molecule has 9 nitrogen and oxygen atoms in total. The van der Waals surface area contributed by atoms with Crippen LogP contribution in [0.1, 0.15) is 48.1 Å². The van der Waals surface area contributed by atoms with Crippen molar-refractivity contribution in [3.8, 4) is 16.9 Å². The van der Waals surface area contributed by atoms with Gasteiger partial charge in [-0.25, -0.2) is 9.98 Å². The maximum atomic E-state index is 13.1. The Hall–Kier alpha value is -3.72. The number of methoxy groups -OCH3 is 1. The van der Waals surface area contributed by atoms with Crippen LogP contribution in [0.2, 0.25) is 0 Å². The van der Waals surface area contributed by atoms with Crippen LogP contribution in [-0.2, 0) is 12.0 Å². The summed E-state index contributed by atoms with van der Waals surface area (Å²) in [6.45, 7) is 8.53. The van der Waals surface area contributed by atoms with Crippen molar-refractivity contribution in [1.82, 2.24) is 20.1 Å². The molecule has 1 aliphatic rings. The number of aryl methyl sites for hydroxylation is 1. The minimum absolute atomic E-state index is 0.122. The number of pyridine rings is 1. The van der Waals surface area contributed by atoms with Gasteiger partial charge in [0.2, 0.25) is 0 Å². The van der Waals surface area contributed by atoms with Crippen LogP contribution < -0.4 is 15.0 Å². The number of amides is 1. The molecule has 2 aromatic heterocycles. The minimum atomic E-state index is -0.341. The molecule has 0 radical (unpaired) electrons. The number of benzene rings is 1. The predicted octanol–water partition coefficient (Wildman–Crippen LogP) is 3.48. The number of carbonyl (C=O) groups is 1. The van der Waals surface area contributed by atoms with Crippen molar-refractivity contribution in [2.45, 2.75) is 39.7 Å². The van der Waals surface area contributed by atoms with Gasteiger partial charge in [0.05, 0.1) is 38.2 Å². The van der Waals surface area contributed by atoms with E-state index < -0.39 is 0 Å². The molecule has 9 heteroatoms. The topological polar surface area (TPSA) is 105 Å². The predicted molar refractivity (Wildman–Crippen MR) is 142 cm³/mol. The standard InChI is InChI=1S/C27H34N6O3/c1-16-12-22(32(5)6)28-14-19(16)18-13-17(8-9-21(18)36-7)20-15-29-26(35)24-23(30-20)25(27(2,3)4)31-33(24)10-11-34/h8-9,12-14,34H,10-11,15H2,1-7H3,(H,29,35). The smallest absolute Gasteiger partial charge is 0.272 e. The van der Waals surface area contributed by atoms with Gasteiger partial charge in [0.15, 0.2) is 5.69 Å². The van der Waals surface area contributed by atoms with Gasteiger partial charge >= 0.3 is 0 Å². The number of hydrogen-bond acceptors (Lipinski definition) is 7. The van der Waals surface area contributed by atoms with Gasteiger partial charge in [-0.1, -0.05) is 20.8 Å². The number of nitrogens with zero attached hydrogens (tertiary/aromatic N) is 5. The number of nitrogens with one attached hydrogen (secondary N) is 1. The third-order valence-corrected chi connectivity index (χ3v) is 6.21. The number of hydrogen-bond donors (Lipinski definition) is 2. The third-order valence-electron chi connectivity index (χ3n) is 6.21. The molecule has 0 saturated heterocycles. The summed E-state index contributed by atoms with van der Waals surface area (Å²) in [4.78, 5) is 24.6. The highest BCUT2D eigenvalue weighted by atomic mass is 16.5. The van der Waals surface area contributed by atoms with Crippen LogP contribution in [0, 0.1) is 6.92 Å². The van der Waals surface area contributed by atoms with Crippen molar-refractivity contribution in [3.05, 3.63) is 53.0 Å². The molecule has 1 aliphatic heterocycles. The van der Waals surface area contributed by atoms with Gasteiger partial charge in [0.1, 0.15) is 17.3 Å². The fraction of sp³-hybridized carbons (Fsp3) is 0.407. The van der Waals surface area contributed by atoms with Gasteiger partial charge in [-0.15, -0.1) is 0 Å². The second kappa shape index (κ2) is 9.73. The normalized spacial score (nSPS) is 13.6. The number of fused-ring (bicyclic) bond motifs is 1. The summed E-state index contributed by atoms with van der Waals surface area (Å²) >= 11 is 0. The van der Waals surface area contributed by atoms with Crippen LogP contribution >= 0.6 is 0 Å². The molecule has 2 N–H and O–H groups in total. The number of aromatic nitrogens is 3. The Morgan fingerprint density at radius 2 is 1.94 bits per heavy atom. The molecule has 1 aromatic carbocycles. The maximum absolute atomic E-state index is 13.1. The van der Waals surface area contributed by atoms with E-state index in [2.05, 4.69) is 22.3 Å². The molecule has 3 heterocycles. The average Bonchev–Trinajstić information content (AvgIpc) is 3.10. The van der Waals surface area contributed by atoms with E-state index in [1.165, 1.54) is 0 Å². The van der Waals surface area contributed by atoms with Gasteiger partial charge in [0.25, 0.3) is 5.91 Å². The third kappa shape index (κ3) is 4.70. The molecule has 0 bridgehead atoms. The zero-order valence-electron chi connectivity index (χ0n) is 22.0. The lowest BCUT2D eigenvalue weighted by atomic mass is 9.91. The van der Waals surface area contributed by atoms with E-state index in [9.17, 15) is 9.90 Å². The number of carbonyl (C=O) groups excluding carboxylic acids is 1. The van der Waals surface area contributed by atoms with Crippen molar-refractivity contribution in [2.75, 3.05) is 39.3 Å². The summed E-state index contributed by atoms with van der Waals surface area (Å²) in [5.41, 5.74) is 5.81. The fourth-order valence-electron chi connectivity index (χ4n) is 4.30. The molecule has 0 unspecified atom stereocenters. The van der Waals surface area contributed by atoms with Gasteiger partial charge in [-0.3, -0.25) is 9.48 Å². The largest absolute Gasteiger partial charge is 0.496 e. The summed E-state index contributed by atoms with van der Waals surface area (Å²) in [7, 11) is 5.57. The van der Waals surface area contributed by atoms with E-state index in [-0.39, 0.29) is 31.0 Å². The molecule has 1 amide bonds. The highest BCUT2D eigenvalue weighted by Crippen LogP contribution is 2.37. The first-order valence-corrected chi connectivity index (χ1v) is 12.0. The van der Waals surface area contributed by atoms with Crippen molar-refractivity contribution < 1.29 is 14.6 Å². The molecule has 0 saturated carbocycles. The second-order valence-electron chi connectivity index (χ2n) is 10.2. The Morgan fingerprint density at radius 3 is 2.56 bits per heavy atom. The maximum Gasteiger partial charge on any atom is 0.272 e. The molecule has 0 fully saturated rings. The lowest BCUT2D eigenvalue weighted by Gasteiger charge is -2.17. The van der Waals surface area contributed by atoms with Crippen molar-refractivity contribution in [3.63, 3.8) is 0 Å². The quantitative estimate of drug-likeness (QED) is 0.548. The number of aliphatic hydroxyl groups excluding tert-OH is 1. The SMILES string of the molecule is COc1ccc(C2=Nc3c(C(C)(C)C)nn(CCO)c3C(=O)NC2)cc1-c1cnc(N(C)C)cc1C. The van der Waals surface area contributed by atoms with E-state index in [0.717, 1.165) is 39.5 Å². The summed E-state index contributed by atoms with van der Waals surface area (Å²) in [5, 5.41) is 17.2. The fourth-order valence-corrected chi connectivity index (χ4v) is 4.30. The van der Waals surface area contributed by atoms with E-state index in [1.54, 1.807) is 11.8 Å². The van der Waals surface area contributed by atoms with Crippen LogP contribution in [0.15, 0.2) is 35.5 Å². The van der Waals surface area contributed by atoms with E-state index in [1.807, 2.05) is 70.2 Å². The molecule has 190 valence electrons. The molecule has 4 rings (SSSR count). The first-order valence-electron chi connectivity index (χ1n) is 12.0. The second-order valence-corrected chi connectivity index (χ2v) is 10.2. The van der Waals surface area contributed by atoms with Crippen LogP contribution in [-0.4, -0.2) is 65.8 Å². The van der Waals surface area contributed by atoms with Crippen LogP contribution in [0.4, 0.5) is 11.5 Å². The van der Waals surface area contributed by atoms with Gasteiger partial charge in [-0.2, -0.15) is 5.10 Å². The zero-order chi connectivity index (χ0) is 26.2. The number of aliphatic imine (C=N–C) groups is 1. The lowest BCUT2D eigenvalue weighted by molar-refractivity contribution is 0.0948. The Bertz CT molecular complexity index is 1330. The molecule has 0 aliphatic carbocycles. The highest BCUT2D eigenvalue weighted by Gasteiger charge is 2.32. The van der Waals surface area contributed by atoms with Crippen LogP contribution in [0.25, 0.3) is 11.1 Å². The lowest BCUT2D eigenvalue weighted by Crippen LogP contribution is -2.30. The van der Waals surface area contributed by atoms with Crippen molar-refractivity contribution in [2.24, 2.45) is 4.99 Å². The van der Waals surface area contributed by atoms with Crippen molar-refractivity contribution >= 4 is 23.1 Å². The van der Waals surface area contributed by atoms with Gasteiger partial charge in [-0.05, 0) is 42.3 Å². The zero-order valence-corrected chi connectivity index (χ0v) is 22.0. The highest BCUT2D eigenvalue weighted by molar-refractivity contribution is 6.11. The average molecular weight is 491 g/mol. The number of ether oxygens (including phenoxy) is 1. The van der Waals surface area contributed by atoms with Crippen LogP contribution in [0.3, 0.4) is 0 Å².